The molecular formula is C17H21N5O2. The number of carbonyl (C=O) groups is 1. The number of pyridine rings is 1. The van der Waals surface area contributed by atoms with Crippen molar-refractivity contribution in [1.82, 2.24) is 25.1 Å². The van der Waals surface area contributed by atoms with Gasteiger partial charge in [0, 0.05) is 38.2 Å². The minimum Gasteiger partial charge on any atom is -0.477 e. The molecule has 1 saturated carbocycles. The number of rotatable bonds is 7. The zero-order chi connectivity index (χ0) is 16.4. The summed E-state index contributed by atoms with van der Waals surface area (Å²) in [7, 11) is 0. The number of fused-ring (bicyclic) bond motifs is 1. The van der Waals surface area contributed by atoms with E-state index in [2.05, 4.69) is 25.1 Å². The maximum atomic E-state index is 12.2. The summed E-state index contributed by atoms with van der Waals surface area (Å²) < 4.78 is 7.73. The topological polar surface area (TPSA) is 81.9 Å². The van der Waals surface area contributed by atoms with Crippen LogP contribution >= 0.6 is 0 Å². The van der Waals surface area contributed by atoms with E-state index >= 15 is 0 Å². The number of aryl methyl sites for hydroxylation is 1. The normalized spacial score (nSPS) is 16.0. The lowest BCUT2D eigenvalue weighted by atomic mass is 10.2. The van der Waals surface area contributed by atoms with Crippen molar-refractivity contribution in [2.75, 3.05) is 13.2 Å². The Balaban J connectivity index is 1.26. The molecule has 0 atom stereocenters. The third-order valence-corrected chi connectivity index (χ3v) is 4.48. The van der Waals surface area contributed by atoms with Gasteiger partial charge in [0.05, 0.1) is 12.2 Å². The van der Waals surface area contributed by atoms with Crippen molar-refractivity contribution in [3.8, 4) is 5.88 Å². The van der Waals surface area contributed by atoms with Crippen LogP contribution in [-0.4, -0.2) is 38.8 Å². The van der Waals surface area contributed by atoms with Gasteiger partial charge in [-0.1, -0.05) is 0 Å². The number of nitrogens with zero attached hydrogens (tertiary/aromatic N) is 4. The predicted octanol–water partition coefficient (Wildman–Crippen LogP) is 1.38. The molecule has 0 saturated heterocycles. The Morgan fingerprint density at radius 1 is 1.33 bits per heavy atom. The van der Waals surface area contributed by atoms with E-state index in [9.17, 15) is 4.79 Å². The molecule has 7 nitrogen and oxygen atoms in total. The van der Waals surface area contributed by atoms with Crippen molar-refractivity contribution in [2.45, 2.75) is 38.6 Å². The van der Waals surface area contributed by atoms with E-state index in [0.29, 0.717) is 30.3 Å². The van der Waals surface area contributed by atoms with Crippen molar-refractivity contribution >= 4 is 5.91 Å². The van der Waals surface area contributed by atoms with Gasteiger partial charge in [-0.15, -0.1) is 10.2 Å². The molecule has 1 amide bonds. The number of hydrogen-bond donors (Lipinski definition) is 1. The van der Waals surface area contributed by atoms with Crippen molar-refractivity contribution in [1.29, 1.82) is 0 Å². The first-order valence-electron chi connectivity index (χ1n) is 8.57. The second-order valence-corrected chi connectivity index (χ2v) is 6.43. The third-order valence-electron chi connectivity index (χ3n) is 4.48. The number of hydrogen-bond acceptors (Lipinski definition) is 5. The Morgan fingerprint density at radius 2 is 2.25 bits per heavy atom. The molecule has 3 heterocycles. The minimum absolute atomic E-state index is 0.127. The zero-order valence-electron chi connectivity index (χ0n) is 13.6. The molecule has 7 heteroatoms. The molecule has 4 rings (SSSR count). The standard InChI is InChI=1S/C17H21N5O2/c23-17(13-5-6-16(19-10-13)24-11-12-3-4-12)18-8-7-15-21-20-14-2-1-9-22(14)15/h5-6,10,12H,1-4,7-9,11H2,(H,18,23). The van der Waals surface area contributed by atoms with Crippen molar-refractivity contribution in [2.24, 2.45) is 5.92 Å². The van der Waals surface area contributed by atoms with E-state index in [1.807, 2.05) is 0 Å². The molecule has 0 unspecified atom stereocenters. The second kappa shape index (κ2) is 6.59. The average Bonchev–Trinajstić information content (AvgIpc) is 3.18. The van der Waals surface area contributed by atoms with E-state index in [1.165, 1.54) is 12.8 Å². The summed E-state index contributed by atoms with van der Waals surface area (Å²) in [4.78, 5) is 16.4. The van der Waals surface area contributed by atoms with E-state index in [0.717, 1.165) is 37.6 Å². The summed E-state index contributed by atoms with van der Waals surface area (Å²) >= 11 is 0. The van der Waals surface area contributed by atoms with Crippen LogP contribution in [-0.2, 0) is 19.4 Å². The molecule has 2 aromatic rings. The first-order valence-corrected chi connectivity index (χ1v) is 8.57. The van der Waals surface area contributed by atoms with Crippen LogP contribution in [0.5, 0.6) is 5.88 Å². The van der Waals surface area contributed by atoms with Crippen LogP contribution in [0.25, 0.3) is 0 Å². The van der Waals surface area contributed by atoms with Crippen molar-refractivity contribution in [3.63, 3.8) is 0 Å². The highest BCUT2D eigenvalue weighted by Crippen LogP contribution is 2.29. The van der Waals surface area contributed by atoms with Crippen molar-refractivity contribution in [3.05, 3.63) is 35.5 Å². The maximum absolute atomic E-state index is 12.2. The number of amides is 1. The zero-order valence-corrected chi connectivity index (χ0v) is 13.6. The van der Waals surface area contributed by atoms with Crippen LogP contribution in [0.2, 0.25) is 0 Å². The van der Waals surface area contributed by atoms with Gasteiger partial charge < -0.3 is 14.6 Å². The number of aromatic nitrogens is 4. The monoisotopic (exact) mass is 327 g/mol. The van der Waals surface area contributed by atoms with Crippen molar-refractivity contribution < 1.29 is 9.53 Å². The summed E-state index contributed by atoms with van der Waals surface area (Å²) in [5, 5.41) is 11.3. The molecule has 1 aliphatic carbocycles. The van der Waals surface area contributed by atoms with Gasteiger partial charge in [-0.2, -0.15) is 0 Å². The first kappa shape index (κ1) is 15.1. The first-order chi connectivity index (χ1) is 11.8. The summed E-state index contributed by atoms with van der Waals surface area (Å²) in [5.74, 6) is 3.15. The Labute approximate surface area is 140 Å². The van der Waals surface area contributed by atoms with E-state index in [-0.39, 0.29) is 5.91 Å². The van der Waals surface area contributed by atoms with Crippen LogP contribution in [0.3, 0.4) is 0 Å². The molecule has 1 fully saturated rings. The number of carbonyl (C=O) groups excluding carboxylic acids is 1. The summed E-state index contributed by atoms with van der Waals surface area (Å²) in [6, 6.07) is 3.50. The summed E-state index contributed by atoms with van der Waals surface area (Å²) in [5.41, 5.74) is 0.542. The summed E-state index contributed by atoms with van der Waals surface area (Å²) in [6.45, 7) is 2.25. The molecule has 0 radical (unpaired) electrons. The highest BCUT2D eigenvalue weighted by atomic mass is 16.5. The van der Waals surface area contributed by atoms with Crippen LogP contribution < -0.4 is 10.1 Å². The molecular weight excluding hydrogens is 306 g/mol. The van der Waals surface area contributed by atoms with Gasteiger partial charge in [0.2, 0.25) is 5.88 Å². The average molecular weight is 327 g/mol. The SMILES string of the molecule is O=C(NCCc1nnc2n1CCC2)c1ccc(OCC2CC2)nc1. The Kier molecular flexibility index (Phi) is 4.15. The molecule has 1 N–H and O–H groups in total. The Morgan fingerprint density at radius 3 is 3.04 bits per heavy atom. The molecule has 0 spiro atoms. The van der Waals surface area contributed by atoms with Crippen LogP contribution in [0.1, 0.15) is 41.3 Å². The second-order valence-electron chi connectivity index (χ2n) is 6.43. The molecule has 0 aromatic carbocycles. The fraction of sp³-hybridized carbons (Fsp3) is 0.529. The van der Waals surface area contributed by atoms with E-state index < -0.39 is 0 Å². The molecule has 2 aromatic heterocycles. The van der Waals surface area contributed by atoms with Gasteiger partial charge in [-0.25, -0.2) is 4.98 Å². The Hall–Kier alpha value is -2.44. The van der Waals surface area contributed by atoms with E-state index in [1.54, 1.807) is 18.3 Å². The minimum atomic E-state index is -0.127. The van der Waals surface area contributed by atoms with Gasteiger partial charge in [0.15, 0.2) is 0 Å². The Bertz CT molecular complexity index is 721. The van der Waals surface area contributed by atoms with Gasteiger partial charge in [0.1, 0.15) is 11.6 Å². The van der Waals surface area contributed by atoms with Crippen LogP contribution in [0.4, 0.5) is 0 Å². The van der Waals surface area contributed by atoms with Gasteiger partial charge in [-0.05, 0) is 31.2 Å². The molecule has 24 heavy (non-hydrogen) atoms. The van der Waals surface area contributed by atoms with Crippen LogP contribution in [0.15, 0.2) is 18.3 Å². The lowest BCUT2D eigenvalue weighted by Gasteiger charge is -2.07. The van der Waals surface area contributed by atoms with Crippen LogP contribution in [0, 0.1) is 5.92 Å². The molecule has 0 bridgehead atoms. The lowest BCUT2D eigenvalue weighted by molar-refractivity contribution is 0.0953. The highest BCUT2D eigenvalue weighted by molar-refractivity contribution is 5.93. The molecule has 126 valence electrons. The quantitative estimate of drug-likeness (QED) is 0.831. The molecule has 1 aliphatic heterocycles. The number of ether oxygens (including phenoxy) is 1. The van der Waals surface area contributed by atoms with Gasteiger partial charge >= 0.3 is 0 Å². The van der Waals surface area contributed by atoms with E-state index in [4.69, 9.17) is 4.74 Å². The summed E-state index contributed by atoms with van der Waals surface area (Å²) in [6.07, 6.45) is 6.87. The van der Waals surface area contributed by atoms with Gasteiger partial charge in [-0.3, -0.25) is 4.79 Å². The number of nitrogens with one attached hydrogen (secondary N) is 1. The fourth-order valence-corrected chi connectivity index (χ4v) is 2.87. The fourth-order valence-electron chi connectivity index (χ4n) is 2.87. The predicted molar refractivity (Wildman–Crippen MR) is 86.8 cm³/mol. The smallest absolute Gasteiger partial charge is 0.252 e. The lowest BCUT2D eigenvalue weighted by Crippen LogP contribution is -2.26. The maximum Gasteiger partial charge on any atom is 0.252 e. The largest absolute Gasteiger partial charge is 0.477 e. The highest BCUT2D eigenvalue weighted by Gasteiger charge is 2.22. The van der Waals surface area contributed by atoms with Gasteiger partial charge in [0.25, 0.3) is 5.91 Å². The third kappa shape index (κ3) is 3.39. The molecule has 2 aliphatic rings.